The maximum Gasteiger partial charge on any atom is 0.410 e. The number of aldehydes is 1. The summed E-state index contributed by atoms with van der Waals surface area (Å²) in [4.78, 5) is 51.9. The van der Waals surface area contributed by atoms with Crippen molar-refractivity contribution in [3.05, 3.63) is 59.7 Å². The summed E-state index contributed by atoms with van der Waals surface area (Å²) in [5.74, 6) is -0.940. The fraction of sp³-hybridized carbons (Fsp3) is 0.467. The molecule has 0 bridgehead atoms. The number of ether oxygens (including phenoxy) is 1. The number of amides is 2. The lowest BCUT2D eigenvalue weighted by Gasteiger charge is -2.40. The van der Waals surface area contributed by atoms with Crippen molar-refractivity contribution in [3.63, 3.8) is 0 Å². The molecule has 3 rings (SSSR count). The number of carbonyl (C=O) groups is 4. The van der Waals surface area contributed by atoms with Gasteiger partial charge in [0.25, 0.3) is 0 Å². The van der Waals surface area contributed by atoms with Crippen molar-refractivity contribution < 1.29 is 23.9 Å². The first-order chi connectivity index (χ1) is 18.1. The minimum atomic E-state index is -0.998. The number of carbonyl (C=O) groups excluding carboxylic acids is 4. The zero-order chi connectivity index (χ0) is 27.7. The zero-order valence-electron chi connectivity index (χ0n) is 22.7. The van der Waals surface area contributed by atoms with Gasteiger partial charge in [0.05, 0.1) is 6.54 Å². The number of Topliss-reactive ketones (excluding diaryl/α,β-unsaturated/α-hetero) is 1. The second kappa shape index (κ2) is 13.3. The molecule has 0 spiro atoms. The highest BCUT2D eigenvalue weighted by Crippen LogP contribution is 2.22. The molecule has 38 heavy (non-hydrogen) atoms. The van der Waals surface area contributed by atoms with Crippen molar-refractivity contribution in [2.75, 3.05) is 26.2 Å². The van der Waals surface area contributed by atoms with E-state index in [-0.39, 0.29) is 38.2 Å². The zero-order valence-corrected chi connectivity index (χ0v) is 22.7. The molecule has 2 aromatic carbocycles. The summed E-state index contributed by atoms with van der Waals surface area (Å²) in [6.07, 6.45) is 3.51. The van der Waals surface area contributed by atoms with Crippen LogP contribution in [0.15, 0.2) is 48.5 Å². The monoisotopic (exact) mass is 521 g/mol. The Morgan fingerprint density at radius 1 is 0.921 bits per heavy atom. The molecule has 1 aliphatic rings. The number of rotatable bonds is 10. The van der Waals surface area contributed by atoms with Crippen LogP contribution in [0.1, 0.15) is 51.2 Å². The van der Waals surface area contributed by atoms with Gasteiger partial charge in [0.2, 0.25) is 11.7 Å². The average Bonchev–Trinajstić information content (AvgIpc) is 2.91. The molecule has 2 N–H and O–H groups in total. The Labute approximate surface area is 225 Å². The molecule has 0 aliphatic carbocycles. The minimum Gasteiger partial charge on any atom is -0.444 e. The van der Waals surface area contributed by atoms with Crippen LogP contribution in [0.4, 0.5) is 4.79 Å². The molecule has 1 saturated heterocycles. The van der Waals surface area contributed by atoms with Crippen molar-refractivity contribution in [1.82, 2.24) is 9.80 Å². The summed E-state index contributed by atoms with van der Waals surface area (Å²) in [7, 11) is 0. The summed E-state index contributed by atoms with van der Waals surface area (Å²) in [6.45, 7) is 6.34. The molecule has 8 heteroatoms. The van der Waals surface area contributed by atoms with Crippen molar-refractivity contribution in [3.8, 4) is 11.1 Å². The van der Waals surface area contributed by atoms with Gasteiger partial charge in [-0.25, -0.2) is 4.79 Å². The van der Waals surface area contributed by atoms with Crippen LogP contribution in [-0.2, 0) is 32.0 Å². The molecule has 1 heterocycles. The normalized spacial score (nSPS) is 15.7. The Morgan fingerprint density at radius 3 is 2.03 bits per heavy atom. The van der Waals surface area contributed by atoms with E-state index in [0.717, 1.165) is 42.5 Å². The van der Waals surface area contributed by atoms with E-state index in [1.54, 1.807) is 20.8 Å². The minimum absolute atomic E-state index is 0.0568. The van der Waals surface area contributed by atoms with Crippen molar-refractivity contribution in [1.29, 1.82) is 0 Å². The number of unbranched alkanes of at least 4 members (excludes halogenated alkanes) is 1. The van der Waals surface area contributed by atoms with Gasteiger partial charge in [-0.15, -0.1) is 0 Å². The van der Waals surface area contributed by atoms with Gasteiger partial charge in [0.1, 0.15) is 11.6 Å². The number of benzene rings is 2. The fourth-order valence-electron chi connectivity index (χ4n) is 4.49. The third kappa shape index (κ3) is 8.25. The molecule has 1 atom stereocenters. The SMILES string of the molecule is CC(C)(C)OC(=O)N1CCN(C(=O)CCc2ccc(-c3ccc(CCCCN)cc3)cc2)[C@@H](C(=O)C=O)C1. The smallest absolute Gasteiger partial charge is 0.410 e. The lowest BCUT2D eigenvalue weighted by atomic mass is 9.99. The molecule has 2 aromatic rings. The predicted molar refractivity (Wildman–Crippen MR) is 147 cm³/mol. The molecule has 8 nitrogen and oxygen atoms in total. The first-order valence-corrected chi connectivity index (χ1v) is 13.3. The highest BCUT2D eigenvalue weighted by Gasteiger charge is 2.37. The maximum absolute atomic E-state index is 13.0. The van der Waals surface area contributed by atoms with E-state index in [0.29, 0.717) is 6.42 Å². The van der Waals surface area contributed by atoms with E-state index >= 15 is 0 Å². The molecule has 204 valence electrons. The molecular formula is C30H39N3O5. The highest BCUT2D eigenvalue weighted by atomic mass is 16.6. The molecule has 2 amide bonds. The van der Waals surface area contributed by atoms with Gasteiger partial charge in [0.15, 0.2) is 6.29 Å². The molecule has 1 fully saturated rings. The number of hydrogen-bond donors (Lipinski definition) is 1. The number of nitrogens with two attached hydrogens (primary N) is 1. The summed E-state index contributed by atoms with van der Waals surface area (Å²) >= 11 is 0. The highest BCUT2D eigenvalue weighted by molar-refractivity contribution is 6.28. The van der Waals surface area contributed by atoms with Crippen molar-refractivity contribution in [2.24, 2.45) is 5.73 Å². The van der Waals surface area contributed by atoms with Gasteiger partial charge in [0, 0.05) is 19.5 Å². The van der Waals surface area contributed by atoms with Crippen molar-refractivity contribution >= 4 is 24.1 Å². The number of piperazine rings is 1. The molecular weight excluding hydrogens is 482 g/mol. The first kappa shape index (κ1) is 29.0. The van der Waals surface area contributed by atoms with E-state index < -0.39 is 23.5 Å². The van der Waals surface area contributed by atoms with E-state index in [2.05, 4.69) is 24.3 Å². The third-order valence-electron chi connectivity index (χ3n) is 6.59. The Bertz CT molecular complexity index is 1110. The summed E-state index contributed by atoms with van der Waals surface area (Å²) in [5, 5.41) is 0. The van der Waals surface area contributed by atoms with Gasteiger partial charge < -0.3 is 20.3 Å². The van der Waals surface area contributed by atoms with Crippen LogP contribution in [0, 0.1) is 0 Å². The number of hydrogen-bond acceptors (Lipinski definition) is 6. The van der Waals surface area contributed by atoms with Gasteiger partial charge >= 0.3 is 6.09 Å². The number of nitrogens with zero attached hydrogens (tertiary/aromatic N) is 2. The van der Waals surface area contributed by atoms with Gasteiger partial charge in [-0.1, -0.05) is 48.5 Å². The first-order valence-electron chi connectivity index (χ1n) is 13.3. The van der Waals surface area contributed by atoms with Gasteiger partial charge in [-0.2, -0.15) is 0 Å². The van der Waals surface area contributed by atoms with E-state index in [9.17, 15) is 19.2 Å². The lowest BCUT2D eigenvalue weighted by molar-refractivity contribution is -0.144. The standard InChI is InChI=1S/C30H39N3O5/c1-30(2,3)38-29(37)32-18-19-33(26(20-32)27(35)21-34)28(36)16-11-23-9-14-25(15-10-23)24-12-7-22(8-13-24)6-4-5-17-31/h7-10,12-15,21,26H,4-6,11,16-20,31H2,1-3H3/t26-/m1/s1. The molecule has 0 unspecified atom stereocenters. The Morgan fingerprint density at radius 2 is 1.50 bits per heavy atom. The van der Waals surface area contributed by atoms with Crippen LogP contribution in [0.3, 0.4) is 0 Å². The van der Waals surface area contributed by atoms with Crippen LogP contribution in [0.5, 0.6) is 0 Å². The fourth-order valence-corrected chi connectivity index (χ4v) is 4.49. The summed E-state index contributed by atoms with van der Waals surface area (Å²) in [5.41, 5.74) is 9.43. The Hall–Kier alpha value is -3.52. The lowest BCUT2D eigenvalue weighted by Crippen LogP contribution is -2.60. The number of ketones is 1. The average molecular weight is 522 g/mol. The summed E-state index contributed by atoms with van der Waals surface area (Å²) in [6, 6.07) is 15.6. The van der Waals surface area contributed by atoms with Gasteiger partial charge in [-0.3, -0.25) is 14.4 Å². The van der Waals surface area contributed by atoms with Gasteiger partial charge in [-0.05, 0) is 75.3 Å². The van der Waals surface area contributed by atoms with Crippen LogP contribution < -0.4 is 5.73 Å². The molecule has 0 aromatic heterocycles. The third-order valence-corrected chi connectivity index (χ3v) is 6.59. The van der Waals surface area contributed by atoms with E-state index in [4.69, 9.17) is 10.5 Å². The quantitative estimate of drug-likeness (QED) is 0.289. The maximum atomic E-state index is 13.0. The molecule has 0 radical (unpaired) electrons. The Kier molecular flexibility index (Phi) is 10.2. The van der Waals surface area contributed by atoms with Crippen LogP contribution >= 0.6 is 0 Å². The van der Waals surface area contributed by atoms with Crippen LogP contribution in [-0.4, -0.2) is 71.7 Å². The van der Waals surface area contributed by atoms with Crippen molar-refractivity contribution in [2.45, 2.75) is 64.5 Å². The predicted octanol–water partition coefficient (Wildman–Crippen LogP) is 3.78. The second-order valence-corrected chi connectivity index (χ2v) is 10.7. The van der Waals surface area contributed by atoms with Crippen LogP contribution in [0.25, 0.3) is 11.1 Å². The van der Waals surface area contributed by atoms with Crippen LogP contribution in [0.2, 0.25) is 0 Å². The topological polar surface area (TPSA) is 110 Å². The molecule has 1 aliphatic heterocycles. The van der Waals surface area contributed by atoms with E-state index in [1.807, 2.05) is 24.3 Å². The Balaban J connectivity index is 1.57. The largest absolute Gasteiger partial charge is 0.444 e. The molecule has 0 saturated carbocycles. The summed E-state index contributed by atoms with van der Waals surface area (Å²) < 4.78 is 5.39. The second-order valence-electron chi connectivity index (χ2n) is 10.7. The number of aryl methyl sites for hydroxylation is 2. The van der Waals surface area contributed by atoms with E-state index in [1.165, 1.54) is 15.4 Å².